The van der Waals surface area contributed by atoms with Crippen molar-refractivity contribution in [3.63, 3.8) is 0 Å². The van der Waals surface area contributed by atoms with E-state index in [4.69, 9.17) is 14.6 Å². The summed E-state index contributed by atoms with van der Waals surface area (Å²) in [5, 5.41) is 8.72. The van der Waals surface area contributed by atoms with Crippen molar-refractivity contribution >= 4 is 5.82 Å². The number of methoxy groups -OCH3 is 1. The van der Waals surface area contributed by atoms with E-state index in [1.807, 2.05) is 6.07 Å². The first-order valence-electron chi connectivity index (χ1n) is 12.1. The fourth-order valence-electron chi connectivity index (χ4n) is 5.08. The molecule has 7 nitrogen and oxygen atoms in total. The van der Waals surface area contributed by atoms with Gasteiger partial charge in [-0.15, -0.1) is 0 Å². The SMILES string of the molecule is COc1cccc(C(CNCc2c(C(C)C)nn(C)c2N2CCOCC2)N2CCCC2)c1. The third-order valence-corrected chi connectivity index (χ3v) is 6.70. The van der Waals surface area contributed by atoms with Gasteiger partial charge in [0.25, 0.3) is 0 Å². The highest BCUT2D eigenvalue weighted by atomic mass is 16.5. The number of ether oxygens (including phenoxy) is 2. The van der Waals surface area contributed by atoms with Crippen LogP contribution in [-0.2, 0) is 18.3 Å². The van der Waals surface area contributed by atoms with E-state index in [9.17, 15) is 0 Å². The van der Waals surface area contributed by atoms with Crippen molar-refractivity contribution in [1.82, 2.24) is 20.0 Å². The zero-order chi connectivity index (χ0) is 22.5. The van der Waals surface area contributed by atoms with E-state index in [1.165, 1.54) is 35.5 Å². The Morgan fingerprint density at radius 2 is 1.88 bits per heavy atom. The molecule has 2 aromatic rings. The lowest BCUT2D eigenvalue weighted by Crippen LogP contribution is -2.38. The maximum Gasteiger partial charge on any atom is 0.131 e. The third kappa shape index (κ3) is 5.11. The molecule has 1 aromatic heterocycles. The minimum absolute atomic E-state index is 0.346. The van der Waals surface area contributed by atoms with Crippen molar-refractivity contribution in [2.75, 3.05) is 57.9 Å². The highest BCUT2D eigenvalue weighted by Crippen LogP contribution is 2.30. The summed E-state index contributed by atoms with van der Waals surface area (Å²) in [6.45, 7) is 11.9. The molecule has 7 heteroatoms. The maximum absolute atomic E-state index is 5.59. The summed E-state index contributed by atoms with van der Waals surface area (Å²) in [7, 11) is 3.81. The molecule has 1 N–H and O–H groups in total. The molecule has 0 saturated carbocycles. The Hall–Kier alpha value is -2.09. The number of nitrogens with one attached hydrogen (secondary N) is 1. The zero-order valence-electron chi connectivity index (χ0n) is 20.1. The van der Waals surface area contributed by atoms with Crippen molar-refractivity contribution in [3.8, 4) is 5.75 Å². The molecule has 2 aliphatic heterocycles. The van der Waals surface area contributed by atoms with Gasteiger partial charge in [-0.3, -0.25) is 9.58 Å². The summed E-state index contributed by atoms with van der Waals surface area (Å²) in [6.07, 6.45) is 2.56. The molecule has 32 heavy (non-hydrogen) atoms. The summed E-state index contributed by atoms with van der Waals surface area (Å²) < 4.78 is 13.2. The van der Waals surface area contributed by atoms with E-state index in [0.29, 0.717) is 12.0 Å². The molecule has 4 rings (SSSR count). The Bertz CT molecular complexity index is 869. The van der Waals surface area contributed by atoms with Crippen LogP contribution in [0, 0.1) is 0 Å². The monoisotopic (exact) mass is 441 g/mol. The third-order valence-electron chi connectivity index (χ3n) is 6.70. The van der Waals surface area contributed by atoms with Crippen LogP contribution < -0.4 is 15.0 Å². The Kier molecular flexibility index (Phi) is 7.71. The van der Waals surface area contributed by atoms with Crippen LogP contribution in [0.15, 0.2) is 24.3 Å². The van der Waals surface area contributed by atoms with Gasteiger partial charge in [0.05, 0.1) is 26.0 Å². The van der Waals surface area contributed by atoms with Gasteiger partial charge in [0.1, 0.15) is 11.6 Å². The number of aryl methyl sites for hydroxylation is 1. The van der Waals surface area contributed by atoms with Gasteiger partial charge in [-0.2, -0.15) is 5.10 Å². The molecule has 0 amide bonds. The molecule has 0 bridgehead atoms. The van der Waals surface area contributed by atoms with E-state index in [-0.39, 0.29) is 0 Å². The van der Waals surface area contributed by atoms with Crippen molar-refractivity contribution in [3.05, 3.63) is 41.1 Å². The smallest absolute Gasteiger partial charge is 0.131 e. The number of nitrogens with zero attached hydrogens (tertiary/aromatic N) is 4. The van der Waals surface area contributed by atoms with Crippen molar-refractivity contribution in [1.29, 1.82) is 0 Å². The minimum atomic E-state index is 0.346. The second-order valence-corrected chi connectivity index (χ2v) is 9.23. The maximum atomic E-state index is 5.59. The molecular formula is C25H39N5O2. The van der Waals surface area contributed by atoms with Gasteiger partial charge in [0, 0.05) is 44.8 Å². The van der Waals surface area contributed by atoms with Gasteiger partial charge in [0.2, 0.25) is 0 Å². The van der Waals surface area contributed by atoms with Crippen LogP contribution in [0.2, 0.25) is 0 Å². The topological polar surface area (TPSA) is 54.8 Å². The molecule has 1 aromatic carbocycles. The molecule has 2 saturated heterocycles. The van der Waals surface area contributed by atoms with Crippen LogP contribution in [0.1, 0.15) is 55.5 Å². The Balaban J connectivity index is 1.53. The lowest BCUT2D eigenvalue weighted by Gasteiger charge is -2.30. The van der Waals surface area contributed by atoms with Crippen molar-refractivity contribution < 1.29 is 9.47 Å². The first-order valence-corrected chi connectivity index (χ1v) is 12.1. The number of morpholine rings is 1. The summed E-state index contributed by atoms with van der Waals surface area (Å²) in [5.41, 5.74) is 3.85. The number of likely N-dealkylation sites (tertiary alicyclic amines) is 1. The molecular weight excluding hydrogens is 402 g/mol. The Labute approximate surface area is 192 Å². The summed E-state index contributed by atoms with van der Waals surface area (Å²) in [6, 6.07) is 8.89. The van der Waals surface area contributed by atoms with Crippen LogP contribution in [0.25, 0.3) is 0 Å². The van der Waals surface area contributed by atoms with Crippen molar-refractivity contribution in [2.45, 2.75) is 45.2 Å². The first kappa shape index (κ1) is 23.1. The normalized spacial score (nSPS) is 18.5. The highest BCUT2D eigenvalue weighted by Gasteiger charge is 2.26. The van der Waals surface area contributed by atoms with Gasteiger partial charge in [-0.25, -0.2) is 0 Å². The van der Waals surface area contributed by atoms with E-state index in [2.05, 4.69) is 58.9 Å². The van der Waals surface area contributed by atoms with Gasteiger partial charge in [-0.1, -0.05) is 26.0 Å². The fraction of sp³-hybridized carbons (Fsp3) is 0.640. The predicted molar refractivity (Wildman–Crippen MR) is 129 cm³/mol. The molecule has 176 valence electrons. The second-order valence-electron chi connectivity index (χ2n) is 9.23. The molecule has 2 aliphatic rings. The Morgan fingerprint density at radius 1 is 1.12 bits per heavy atom. The minimum Gasteiger partial charge on any atom is -0.497 e. The quantitative estimate of drug-likeness (QED) is 0.644. The molecule has 3 heterocycles. The van der Waals surface area contributed by atoms with Crippen LogP contribution in [0.3, 0.4) is 0 Å². The number of rotatable bonds is 9. The number of aromatic nitrogens is 2. The molecule has 0 spiro atoms. The van der Waals surface area contributed by atoms with Gasteiger partial charge in [-0.05, 0) is 49.5 Å². The van der Waals surface area contributed by atoms with Crippen LogP contribution in [-0.4, -0.2) is 67.7 Å². The summed E-state index contributed by atoms with van der Waals surface area (Å²) in [4.78, 5) is 5.04. The zero-order valence-corrected chi connectivity index (χ0v) is 20.1. The van der Waals surface area contributed by atoms with Gasteiger partial charge in [0.15, 0.2) is 0 Å². The van der Waals surface area contributed by atoms with Gasteiger partial charge >= 0.3 is 0 Å². The number of anilines is 1. The molecule has 1 unspecified atom stereocenters. The average molecular weight is 442 g/mol. The molecule has 0 aliphatic carbocycles. The first-order chi connectivity index (χ1) is 15.6. The highest BCUT2D eigenvalue weighted by molar-refractivity contribution is 5.51. The van der Waals surface area contributed by atoms with Crippen LogP contribution in [0.5, 0.6) is 5.75 Å². The van der Waals surface area contributed by atoms with Crippen LogP contribution >= 0.6 is 0 Å². The fourth-order valence-corrected chi connectivity index (χ4v) is 5.08. The van der Waals surface area contributed by atoms with E-state index in [1.54, 1.807) is 7.11 Å². The molecule has 2 fully saturated rings. The molecule has 0 radical (unpaired) electrons. The van der Waals surface area contributed by atoms with E-state index < -0.39 is 0 Å². The van der Waals surface area contributed by atoms with E-state index in [0.717, 1.165) is 58.2 Å². The average Bonchev–Trinajstić information content (AvgIpc) is 3.45. The largest absolute Gasteiger partial charge is 0.497 e. The number of benzene rings is 1. The van der Waals surface area contributed by atoms with Crippen molar-refractivity contribution in [2.24, 2.45) is 7.05 Å². The second kappa shape index (κ2) is 10.7. The van der Waals surface area contributed by atoms with E-state index >= 15 is 0 Å². The van der Waals surface area contributed by atoms with Crippen LogP contribution in [0.4, 0.5) is 5.82 Å². The summed E-state index contributed by atoms with van der Waals surface area (Å²) >= 11 is 0. The number of hydrogen-bond donors (Lipinski definition) is 1. The lowest BCUT2D eigenvalue weighted by atomic mass is 10.0. The predicted octanol–water partition coefficient (Wildman–Crippen LogP) is 3.32. The Morgan fingerprint density at radius 3 is 2.56 bits per heavy atom. The lowest BCUT2D eigenvalue weighted by molar-refractivity contribution is 0.122. The summed E-state index contributed by atoms with van der Waals surface area (Å²) in [5.74, 6) is 2.56. The number of hydrogen-bond acceptors (Lipinski definition) is 6. The standard InChI is InChI=1S/C25H39N5O2/c1-19(2)24-22(25(28(3)27-24)30-12-14-32-15-13-30)17-26-18-23(29-10-5-6-11-29)20-8-7-9-21(16-20)31-4/h7-9,16,19,23,26H,5-6,10-15,17-18H2,1-4H3. The van der Waals surface area contributed by atoms with Gasteiger partial charge < -0.3 is 19.7 Å². The molecule has 1 atom stereocenters.